The Morgan fingerprint density at radius 1 is 1.36 bits per heavy atom. The Labute approximate surface area is 131 Å². The fraction of sp³-hybridized carbons (Fsp3) is 0.471. The molecule has 0 aliphatic carbocycles. The maximum Gasteiger partial charge on any atom is 0.119 e. The van der Waals surface area contributed by atoms with Crippen LogP contribution in [0, 0.1) is 0 Å². The fourth-order valence-corrected chi connectivity index (χ4v) is 3.22. The van der Waals surface area contributed by atoms with Crippen LogP contribution >= 0.6 is 0 Å². The molecule has 0 amide bonds. The minimum atomic E-state index is -0.411. The monoisotopic (exact) mass is 301 g/mol. The summed E-state index contributed by atoms with van der Waals surface area (Å²) >= 11 is 0. The average Bonchev–Trinajstić information content (AvgIpc) is 3.19. The van der Waals surface area contributed by atoms with E-state index in [1.165, 1.54) is 5.56 Å². The van der Waals surface area contributed by atoms with Crippen molar-refractivity contribution in [1.82, 2.24) is 14.7 Å². The standard InChI is InChI=1S/C17H23N3O2/c1-22-16-6-2-5-14(11-16)17-7-3-9-19(17)12-15(21)13-20-10-4-8-18-20/h2,4-6,8,10-11,15,17,21H,3,7,9,12-13H2,1H3/t15-,17+/m1/s1. The van der Waals surface area contributed by atoms with Crippen molar-refractivity contribution in [2.75, 3.05) is 20.2 Å². The smallest absolute Gasteiger partial charge is 0.119 e. The summed E-state index contributed by atoms with van der Waals surface area (Å²) in [6.45, 7) is 2.23. The molecular formula is C17H23N3O2. The molecule has 1 saturated heterocycles. The molecule has 0 spiro atoms. The molecular weight excluding hydrogens is 278 g/mol. The number of aliphatic hydroxyl groups excluding tert-OH is 1. The lowest BCUT2D eigenvalue weighted by molar-refractivity contribution is 0.0890. The maximum absolute atomic E-state index is 10.3. The molecule has 5 nitrogen and oxygen atoms in total. The van der Waals surface area contributed by atoms with Gasteiger partial charge in [-0.25, -0.2) is 0 Å². The molecule has 1 aliphatic rings. The van der Waals surface area contributed by atoms with Gasteiger partial charge in [0.25, 0.3) is 0 Å². The van der Waals surface area contributed by atoms with Gasteiger partial charge in [0.1, 0.15) is 5.75 Å². The SMILES string of the molecule is COc1cccc([C@@H]2CCCN2C[C@@H](O)Cn2cccn2)c1. The van der Waals surface area contributed by atoms with Gasteiger partial charge in [-0.15, -0.1) is 0 Å². The molecule has 1 aromatic heterocycles. The summed E-state index contributed by atoms with van der Waals surface area (Å²) in [4.78, 5) is 2.36. The molecule has 1 N–H and O–H groups in total. The number of aromatic nitrogens is 2. The van der Waals surface area contributed by atoms with E-state index in [9.17, 15) is 5.11 Å². The molecule has 118 valence electrons. The lowest BCUT2D eigenvalue weighted by Crippen LogP contribution is -2.34. The van der Waals surface area contributed by atoms with E-state index in [0.29, 0.717) is 19.1 Å². The van der Waals surface area contributed by atoms with Crippen LogP contribution < -0.4 is 4.74 Å². The topological polar surface area (TPSA) is 50.5 Å². The van der Waals surface area contributed by atoms with Gasteiger partial charge in [0.2, 0.25) is 0 Å². The van der Waals surface area contributed by atoms with E-state index in [-0.39, 0.29) is 0 Å². The first-order valence-corrected chi connectivity index (χ1v) is 7.80. The second kappa shape index (κ2) is 6.94. The van der Waals surface area contributed by atoms with Gasteiger partial charge < -0.3 is 9.84 Å². The molecule has 22 heavy (non-hydrogen) atoms. The predicted octanol–water partition coefficient (Wildman–Crippen LogP) is 2.09. The van der Waals surface area contributed by atoms with Gasteiger partial charge in [-0.3, -0.25) is 9.58 Å². The van der Waals surface area contributed by atoms with Gasteiger partial charge in [0.15, 0.2) is 0 Å². The molecule has 0 radical (unpaired) electrons. The third-order valence-corrected chi connectivity index (χ3v) is 4.24. The van der Waals surface area contributed by atoms with Gasteiger partial charge >= 0.3 is 0 Å². The largest absolute Gasteiger partial charge is 0.497 e. The van der Waals surface area contributed by atoms with E-state index in [1.807, 2.05) is 24.4 Å². The summed E-state index contributed by atoms with van der Waals surface area (Å²) in [7, 11) is 1.69. The molecule has 0 unspecified atom stereocenters. The Morgan fingerprint density at radius 3 is 3.05 bits per heavy atom. The first-order chi connectivity index (χ1) is 10.8. The molecule has 1 aromatic carbocycles. The zero-order chi connectivity index (χ0) is 15.4. The third-order valence-electron chi connectivity index (χ3n) is 4.24. The Bertz CT molecular complexity index is 585. The van der Waals surface area contributed by atoms with Crippen LogP contribution in [0.1, 0.15) is 24.4 Å². The van der Waals surface area contributed by atoms with E-state index < -0.39 is 6.10 Å². The summed E-state index contributed by atoms with van der Waals surface area (Å²) in [5, 5.41) is 14.5. The zero-order valence-corrected chi connectivity index (χ0v) is 12.9. The summed E-state index contributed by atoms with van der Waals surface area (Å²) in [6.07, 6.45) is 5.50. The third kappa shape index (κ3) is 3.48. The number of rotatable bonds is 6. The highest BCUT2D eigenvalue weighted by molar-refractivity contribution is 5.31. The Hall–Kier alpha value is -1.85. The van der Waals surface area contributed by atoms with Crippen LogP contribution in [0.25, 0.3) is 0 Å². The molecule has 0 saturated carbocycles. The first-order valence-electron chi connectivity index (χ1n) is 7.80. The quantitative estimate of drug-likeness (QED) is 0.887. The predicted molar refractivity (Wildman–Crippen MR) is 84.8 cm³/mol. The number of benzene rings is 1. The van der Waals surface area contributed by atoms with Gasteiger partial charge in [-0.05, 0) is 43.1 Å². The highest BCUT2D eigenvalue weighted by Crippen LogP contribution is 2.33. The second-order valence-corrected chi connectivity index (χ2v) is 5.81. The Morgan fingerprint density at radius 2 is 2.27 bits per heavy atom. The Balaban J connectivity index is 1.64. The number of hydrogen-bond donors (Lipinski definition) is 1. The summed E-state index contributed by atoms with van der Waals surface area (Å²) in [6, 6.07) is 10.5. The lowest BCUT2D eigenvalue weighted by atomic mass is 10.0. The second-order valence-electron chi connectivity index (χ2n) is 5.81. The lowest BCUT2D eigenvalue weighted by Gasteiger charge is -2.27. The molecule has 0 bridgehead atoms. The van der Waals surface area contributed by atoms with Gasteiger partial charge in [0, 0.05) is 25.0 Å². The molecule has 5 heteroatoms. The maximum atomic E-state index is 10.3. The van der Waals surface area contributed by atoms with Crippen LogP contribution in [-0.4, -0.2) is 46.1 Å². The number of β-amino-alcohol motifs (C(OH)–C–C–N with tert-alkyl or cyclic N) is 1. The van der Waals surface area contributed by atoms with Crippen molar-refractivity contribution in [2.24, 2.45) is 0 Å². The van der Waals surface area contributed by atoms with Gasteiger partial charge in [-0.2, -0.15) is 5.10 Å². The van der Waals surface area contributed by atoms with Crippen LogP contribution in [0.3, 0.4) is 0 Å². The normalized spacial score (nSPS) is 20.2. The van der Waals surface area contributed by atoms with Crippen molar-refractivity contribution >= 4 is 0 Å². The summed E-state index contributed by atoms with van der Waals surface area (Å²) in [5.74, 6) is 0.890. The summed E-state index contributed by atoms with van der Waals surface area (Å²) in [5.41, 5.74) is 1.27. The van der Waals surface area contributed by atoms with Crippen LogP contribution in [-0.2, 0) is 6.54 Å². The first kappa shape index (κ1) is 15.1. The molecule has 2 atom stereocenters. The van der Waals surface area contributed by atoms with Crippen LogP contribution in [0.4, 0.5) is 0 Å². The highest BCUT2D eigenvalue weighted by atomic mass is 16.5. The van der Waals surface area contributed by atoms with Crippen molar-refractivity contribution < 1.29 is 9.84 Å². The number of nitrogens with zero attached hydrogens (tertiary/aromatic N) is 3. The molecule has 1 fully saturated rings. The van der Waals surface area contributed by atoms with Crippen molar-refractivity contribution in [3.63, 3.8) is 0 Å². The van der Waals surface area contributed by atoms with Crippen LogP contribution in [0.2, 0.25) is 0 Å². The summed E-state index contributed by atoms with van der Waals surface area (Å²) < 4.78 is 7.10. The van der Waals surface area contributed by atoms with Crippen molar-refractivity contribution in [1.29, 1.82) is 0 Å². The molecule has 2 aromatic rings. The molecule has 2 heterocycles. The number of methoxy groups -OCH3 is 1. The minimum absolute atomic E-state index is 0.363. The van der Waals surface area contributed by atoms with Crippen LogP contribution in [0.5, 0.6) is 5.75 Å². The molecule has 3 rings (SSSR count). The highest BCUT2D eigenvalue weighted by Gasteiger charge is 2.27. The van der Waals surface area contributed by atoms with E-state index in [1.54, 1.807) is 18.0 Å². The van der Waals surface area contributed by atoms with E-state index in [0.717, 1.165) is 25.1 Å². The van der Waals surface area contributed by atoms with Crippen LogP contribution in [0.15, 0.2) is 42.7 Å². The average molecular weight is 301 g/mol. The number of aliphatic hydroxyl groups is 1. The van der Waals surface area contributed by atoms with Crippen molar-refractivity contribution in [2.45, 2.75) is 31.5 Å². The van der Waals surface area contributed by atoms with Gasteiger partial charge in [0.05, 0.1) is 19.8 Å². The Kier molecular flexibility index (Phi) is 4.75. The number of hydrogen-bond acceptors (Lipinski definition) is 4. The van der Waals surface area contributed by atoms with Crippen molar-refractivity contribution in [3.05, 3.63) is 48.3 Å². The fourth-order valence-electron chi connectivity index (χ4n) is 3.22. The number of ether oxygens (including phenoxy) is 1. The van der Waals surface area contributed by atoms with Crippen molar-refractivity contribution in [3.8, 4) is 5.75 Å². The van der Waals surface area contributed by atoms with E-state index in [2.05, 4.69) is 22.1 Å². The molecule has 1 aliphatic heterocycles. The van der Waals surface area contributed by atoms with E-state index >= 15 is 0 Å². The number of likely N-dealkylation sites (tertiary alicyclic amines) is 1. The zero-order valence-electron chi connectivity index (χ0n) is 12.9. The van der Waals surface area contributed by atoms with Gasteiger partial charge in [-0.1, -0.05) is 12.1 Å². The minimum Gasteiger partial charge on any atom is -0.497 e. The van der Waals surface area contributed by atoms with E-state index in [4.69, 9.17) is 4.74 Å².